The molecule has 1 heterocycles. The maximum absolute atomic E-state index is 7.13. The molecule has 0 bridgehead atoms. The molecule has 0 amide bonds. The van der Waals surface area contributed by atoms with Gasteiger partial charge in [-0.25, -0.2) is 5.26 Å². The molecule has 1 aliphatic rings. The molecular formula is C12H24N2OS. The summed E-state index contributed by atoms with van der Waals surface area (Å²) in [4.78, 5) is 0. The summed E-state index contributed by atoms with van der Waals surface area (Å²) in [6.45, 7) is 11.4. The second kappa shape index (κ2) is 8.74. The van der Waals surface area contributed by atoms with Gasteiger partial charge in [-0.2, -0.15) is 0 Å². The molecule has 0 aromatic heterocycles. The lowest BCUT2D eigenvalue weighted by Gasteiger charge is -2.34. The third-order valence-corrected chi connectivity index (χ3v) is 2.89. The molecule has 0 aliphatic carbocycles. The quantitative estimate of drug-likeness (QED) is 0.423. The Morgan fingerprint density at radius 2 is 1.88 bits per heavy atom. The highest BCUT2D eigenvalue weighted by molar-refractivity contribution is 7.64. The van der Waals surface area contributed by atoms with E-state index in [0.29, 0.717) is 6.10 Å². The maximum Gasteiger partial charge on any atom is 0.183 e. The molecule has 1 fully saturated rings. The van der Waals surface area contributed by atoms with Crippen LogP contribution < -0.4 is 0 Å². The molecule has 94 valence electrons. The first-order valence-corrected chi connectivity index (χ1v) is 6.49. The van der Waals surface area contributed by atoms with E-state index >= 15 is 0 Å². The minimum Gasteiger partial charge on any atom is -0.696 e. The molecule has 4 heteroatoms. The number of quaternary nitrogens is 1. The number of rotatable bonds is 5. The van der Waals surface area contributed by atoms with Gasteiger partial charge in [0.1, 0.15) is 0 Å². The summed E-state index contributed by atoms with van der Waals surface area (Å²) < 4.78 is 6.97. The molecule has 0 unspecified atom stereocenters. The number of nitrogens with zero attached hydrogens (tertiary/aromatic N) is 2. The topological polar surface area (TPSA) is 33.0 Å². The van der Waals surface area contributed by atoms with Crippen molar-refractivity contribution in [2.24, 2.45) is 0 Å². The van der Waals surface area contributed by atoms with Crippen molar-refractivity contribution in [1.82, 2.24) is 0 Å². The number of thiocyanates is 1. The van der Waals surface area contributed by atoms with Gasteiger partial charge in [0, 0.05) is 12.8 Å². The van der Waals surface area contributed by atoms with Gasteiger partial charge in [0.2, 0.25) is 0 Å². The van der Waals surface area contributed by atoms with E-state index in [1.165, 1.54) is 48.8 Å². The molecule has 1 saturated heterocycles. The average Bonchev–Trinajstić information content (AvgIpc) is 2.66. The van der Waals surface area contributed by atoms with E-state index in [9.17, 15) is 0 Å². The minimum atomic E-state index is 0.382. The average molecular weight is 244 g/mol. The van der Waals surface area contributed by atoms with Gasteiger partial charge >= 0.3 is 0 Å². The highest BCUT2D eigenvalue weighted by Crippen LogP contribution is 2.20. The lowest BCUT2D eigenvalue weighted by Crippen LogP contribution is -2.48. The second-order valence-electron chi connectivity index (χ2n) is 4.66. The number of nitriles is 1. The van der Waals surface area contributed by atoms with Crippen LogP contribution in [0.4, 0.5) is 0 Å². The summed E-state index contributed by atoms with van der Waals surface area (Å²) >= 11 is 3.70. The van der Waals surface area contributed by atoms with Crippen LogP contribution in [0.1, 0.15) is 40.0 Å². The summed E-state index contributed by atoms with van der Waals surface area (Å²) in [6, 6.07) is 0. The first-order chi connectivity index (χ1) is 7.60. The van der Waals surface area contributed by atoms with Crippen LogP contribution in [0.25, 0.3) is 0 Å². The van der Waals surface area contributed by atoms with Crippen LogP contribution >= 0.6 is 0 Å². The standard InChI is InChI=1S/C11H24NO.CHNS/c1-4-7-12(8-5-6-9-12)10-13-11(2)3;2-1-3/h11H,4-10H2,1-3H3;3H/q+1;/p-1. The van der Waals surface area contributed by atoms with Crippen LogP contribution in [0, 0.1) is 10.7 Å². The zero-order chi connectivity index (χ0) is 12.4. The van der Waals surface area contributed by atoms with Gasteiger partial charge in [0.15, 0.2) is 6.73 Å². The molecule has 1 aliphatic heterocycles. The van der Waals surface area contributed by atoms with E-state index in [1.807, 2.05) is 0 Å². The third-order valence-electron chi connectivity index (χ3n) is 2.89. The van der Waals surface area contributed by atoms with Gasteiger partial charge in [-0.05, 0) is 20.3 Å². The van der Waals surface area contributed by atoms with Crippen LogP contribution in [0.15, 0.2) is 0 Å². The number of hydrogen-bond acceptors (Lipinski definition) is 3. The van der Waals surface area contributed by atoms with Gasteiger partial charge in [-0.1, -0.05) is 12.3 Å². The zero-order valence-electron chi connectivity index (χ0n) is 10.7. The largest absolute Gasteiger partial charge is 0.696 e. The normalized spacial score (nSPS) is 17.7. The van der Waals surface area contributed by atoms with E-state index in [4.69, 9.17) is 10.00 Å². The summed E-state index contributed by atoms with van der Waals surface area (Å²) in [5, 5.41) is 8.47. The lowest BCUT2D eigenvalue weighted by atomic mass is 10.3. The second-order valence-corrected chi connectivity index (χ2v) is 4.84. The van der Waals surface area contributed by atoms with Crippen molar-refractivity contribution in [3.05, 3.63) is 0 Å². The van der Waals surface area contributed by atoms with Gasteiger partial charge in [0.25, 0.3) is 0 Å². The maximum atomic E-state index is 7.13. The van der Waals surface area contributed by atoms with Crippen molar-refractivity contribution in [2.45, 2.75) is 46.1 Å². The Morgan fingerprint density at radius 1 is 1.38 bits per heavy atom. The molecule has 16 heavy (non-hydrogen) atoms. The molecule has 0 radical (unpaired) electrons. The Morgan fingerprint density at radius 3 is 2.25 bits per heavy atom. The van der Waals surface area contributed by atoms with E-state index in [1.54, 1.807) is 0 Å². The summed E-state index contributed by atoms with van der Waals surface area (Å²) in [6.07, 6.45) is 4.44. The van der Waals surface area contributed by atoms with Crippen LogP contribution in [-0.2, 0) is 17.4 Å². The van der Waals surface area contributed by atoms with E-state index in [-0.39, 0.29) is 0 Å². The molecule has 3 nitrogen and oxygen atoms in total. The van der Waals surface area contributed by atoms with Gasteiger partial charge in [-0.3, -0.25) is 0 Å². The van der Waals surface area contributed by atoms with Crippen LogP contribution in [0.2, 0.25) is 0 Å². The van der Waals surface area contributed by atoms with Crippen molar-refractivity contribution in [3.63, 3.8) is 0 Å². The first-order valence-electron chi connectivity index (χ1n) is 6.08. The van der Waals surface area contributed by atoms with Crippen molar-refractivity contribution in [3.8, 4) is 5.40 Å². The van der Waals surface area contributed by atoms with Gasteiger partial charge in [-0.15, -0.1) is 0 Å². The van der Waals surface area contributed by atoms with E-state index < -0.39 is 0 Å². The predicted molar refractivity (Wildman–Crippen MR) is 68.5 cm³/mol. The molecule has 0 N–H and O–H groups in total. The van der Waals surface area contributed by atoms with Crippen LogP contribution in [0.3, 0.4) is 0 Å². The van der Waals surface area contributed by atoms with Gasteiger partial charge < -0.3 is 21.8 Å². The fourth-order valence-electron chi connectivity index (χ4n) is 2.21. The lowest BCUT2D eigenvalue weighted by molar-refractivity contribution is -0.935. The highest BCUT2D eigenvalue weighted by atomic mass is 32.1. The summed E-state index contributed by atoms with van der Waals surface area (Å²) in [7, 11) is 0. The van der Waals surface area contributed by atoms with Gasteiger partial charge in [0.05, 0.1) is 25.7 Å². The van der Waals surface area contributed by atoms with Crippen molar-refractivity contribution in [2.75, 3.05) is 26.4 Å². The molecule has 0 aromatic carbocycles. The Balaban J connectivity index is 0.000000673. The van der Waals surface area contributed by atoms with Crippen molar-refractivity contribution in [1.29, 1.82) is 5.26 Å². The fourth-order valence-corrected chi connectivity index (χ4v) is 2.21. The monoisotopic (exact) mass is 244 g/mol. The Hall–Kier alpha value is -0.370. The molecule has 0 atom stereocenters. The molecule has 0 aromatic rings. The number of likely N-dealkylation sites (tertiary alicyclic amines) is 1. The SMILES string of the molecule is CCC[N+]1(COC(C)C)CCCC1.N#C[S-]. The predicted octanol–water partition coefficient (Wildman–Crippen LogP) is 2.40. The van der Waals surface area contributed by atoms with Crippen LogP contribution in [-0.4, -0.2) is 37.0 Å². The van der Waals surface area contributed by atoms with Crippen molar-refractivity contribution >= 4 is 12.6 Å². The fraction of sp³-hybridized carbons (Fsp3) is 0.917. The zero-order valence-corrected chi connectivity index (χ0v) is 11.6. The summed E-state index contributed by atoms with van der Waals surface area (Å²) in [5.41, 5.74) is 0. The molecular weight excluding hydrogens is 220 g/mol. The van der Waals surface area contributed by atoms with Crippen molar-refractivity contribution < 1.29 is 9.22 Å². The smallest absolute Gasteiger partial charge is 0.183 e. The van der Waals surface area contributed by atoms with E-state index in [2.05, 4.69) is 33.4 Å². The molecule has 0 spiro atoms. The minimum absolute atomic E-state index is 0.382. The first kappa shape index (κ1) is 15.6. The Bertz CT molecular complexity index is 208. The van der Waals surface area contributed by atoms with E-state index in [0.717, 1.165) is 6.73 Å². The Kier molecular flexibility index (Phi) is 8.54. The Labute approximate surface area is 105 Å². The number of ether oxygens (including phenoxy) is 1. The van der Waals surface area contributed by atoms with Crippen LogP contribution in [0.5, 0.6) is 0 Å². The molecule has 0 saturated carbocycles. The number of hydrogen-bond donors (Lipinski definition) is 0. The summed E-state index contributed by atoms with van der Waals surface area (Å²) in [5.74, 6) is 0. The highest BCUT2D eigenvalue weighted by Gasteiger charge is 2.31. The molecule has 1 rings (SSSR count). The third kappa shape index (κ3) is 6.26.